The van der Waals surface area contributed by atoms with Crippen LogP contribution in [0.5, 0.6) is 0 Å². The third-order valence-electron chi connectivity index (χ3n) is 5.76. The summed E-state index contributed by atoms with van der Waals surface area (Å²) >= 11 is 0. The van der Waals surface area contributed by atoms with Crippen molar-refractivity contribution in [2.75, 3.05) is 0 Å². The predicted molar refractivity (Wildman–Crippen MR) is 114 cm³/mol. The molecule has 138 valence electrons. The first-order valence-corrected chi connectivity index (χ1v) is 9.93. The van der Waals surface area contributed by atoms with Gasteiger partial charge in [-0.05, 0) is 87.3 Å². The zero-order valence-electron chi connectivity index (χ0n) is 15.7. The number of rotatable bonds is 0. The molecular weight excluding hydrogens is 345 g/mol. The maximum absolute atomic E-state index is 13.5. The minimum absolute atomic E-state index is 0.149. The van der Waals surface area contributed by atoms with Crippen LogP contribution in [-0.2, 0) is 12.8 Å². The molecule has 1 nitrogen and oxygen atoms in total. The van der Waals surface area contributed by atoms with Crippen LogP contribution in [0, 0.1) is 16.3 Å². The number of halogens is 1. The van der Waals surface area contributed by atoms with E-state index < -0.39 is 0 Å². The maximum atomic E-state index is 13.5. The fourth-order valence-electron chi connectivity index (χ4n) is 4.37. The van der Waals surface area contributed by atoms with Crippen LogP contribution >= 0.6 is 0 Å². The highest BCUT2D eigenvalue weighted by molar-refractivity contribution is 5.78. The Bertz CT molecular complexity index is 1350. The summed E-state index contributed by atoms with van der Waals surface area (Å²) in [7, 11) is 0. The number of H-pyrrole nitrogens is 1. The second-order valence-corrected chi connectivity index (χ2v) is 7.46. The Labute approximate surface area is 163 Å². The van der Waals surface area contributed by atoms with E-state index >= 15 is 0 Å². The van der Waals surface area contributed by atoms with Gasteiger partial charge in [0.2, 0.25) is 0 Å². The molecule has 1 aromatic heterocycles. The number of nitrogens with one attached hydrogen (secondary N) is 1. The Morgan fingerprint density at radius 3 is 2.61 bits per heavy atom. The van der Waals surface area contributed by atoms with Crippen molar-refractivity contribution in [2.45, 2.75) is 25.7 Å². The molecule has 2 heteroatoms. The Morgan fingerprint density at radius 2 is 1.68 bits per heavy atom. The monoisotopic (exact) mass is 367 g/mol. The van der Waals surface area contributed by atoms with E-state index in [9.17, 15) is 4.39 Å². The minimum atomic E-state index is -0.149. The zero-order valence-corrected chi connectivity index (χ0v) is 15.7. The first kappa shape index (κ1) is 17.0. The predicted octanol–water partition coefficient (Wildman–Crippen LogP) is 4.73. The van der Waals surface area contributed by atoms with E-state index in [1.165, 1.54) is 45.3 Å². The first-order valence-electron chi connectivity index (χ1n) is 9.93. The number of hydrogen-bond acceptors (Lipinski definition) is 0. The summed E-state index contributed by atoms with van der Waals surface area (Å²) < 4.78 is 13.5. The van der Waals surface area contributed by atoms with Gasteiger partial charge in [-0.15, -0.1) is 0 Å². The van der Waals surface area contributed by atoms with Gasteiger partial charge in [-0.3, -0.25) is 0 Å². The molecule has 2 aliphatic carbocycles. The summed E-state index contributed by atoms with van der Waals surface area (Å²) in [6.45, 7) is 0. The number of fused-ring (bicyclic) bond motifs is 5. The molecule has 1 N–H and O–H groups in total. The van der Waals surface area contributed by atoms with E-state index in [4.69, 9.17) is 0 Å². The van der Waals surface area contributed by atoms with Gasteiger partial charge in [0.25, 0.3) is 0 Å². The molecule has 2 aliphatic rings. The molecule has 0 radical (unpaired) electrons. The molecule has 0 aliphatic heterocycles. The highest BCUT2D eigenvalue weighted by atomic mass is 19.1. The highest BCUT2D eigenvalue weighted by Crippen LogP contribution is 2.17. The largest absolute Gasteiger partial charge is 0.361 e. The Morgan fingerprint density at radius 1 is 0.786 bits per heavy atom. The first-order chi connectivity index (χ1) is 13.8. The summed E-state index contributed by atoms with van der Waals surface area (Å²) in [4.78, 5) is 3.12. The highest BCUT2D eigenvalue weighted by Gasteiger charge is 2.11. The molecule has 6 rings (SSSR count). The lowest BCUT2D eigenvalue weighted by Crippen LogP contribution is -2.19. The van der Waals surface area contributed by atoms with E-state index in [1.807, 2.05) is 24.4 Å². The number of aromatic amines is 1. The summed E-state index contributed by atoms with van der Waals surface area (Å²) in [6, 6.07) is 19.8. The van der Waals surface area contributed by atoms with Crippen LogP contribution in [0.2, 0.25) is 0 Å². The Kier molecular flexibility index (Phi) is 4.32. The molecule has 28 heavy (non-hydrogen) atoms. The van der Waals surface area contributed by atoms with E-state index in [0.717, 1.165) is 23.3 Å². The molecule has 0 saturated heterocycles. The van der Waals surface area contributed by atoms with Crippen molar-refractivity contribution < 1.29 is 4.39 Å². The second-order valence-electron chi connectivity index (χ2n) is 7.46. The van der Waals surface area contributed by atoms with Crippen molar-refractivity contribution in [1.82, 2.24) is 4.98 Å². The fraction of sp³-hybridized carbons (Fsp3) is 0.154. The number of benzene rings is 3. The van der Waals surface area contributed by atoms with E-state index in [1.54, 1.807) is 12.1 Å². The summed E-state index contributed by atoms with van der Waals surface area (Å²) in [5, 5.41) is 6.10. The second kappa shape index (κ2) is 7.12. The molecule has 1 heterocycles. The molecule has 0 fully saturated rings. The van der Waals surface area contributed by atoms with Gasteiger partial charge in [0.1, 0.15) is 5.82 Å². The number of hydrogen-bond donors (Lipinski definition) is 1. The lowest BCUT2D eigenvalue weighted by Gasteiger charge is -2.16. The Hall–Kier alpha value is -3.13. The van der Waals surface area contributed by atoms with Crippen LogP contribution < -0.4 is 10.4 Å². The number of aromatic nitrogens is 1. The molecule has 0 atom stereocenters. The normalized spacial score (nSPS) is 13.9. The summed E-state index contributed by atoms with van der Waals surface area (Å²) in [6.07, 6.45) is 11.1. The maximum Gasteiger partial charge on any atom is 0.123 e. The van der Waals surface area contributed by atoms with Crippen LogP contribution in [-0.4, -0.2) is 4.98 Å². The van der Waals surface area contributed by atoms with Crippen molar-refractivity contribution in [2.24, 2.45) is 0 Å². The van der Waals surface area contributed by atoms with E-state index in [-0.39, 0.29) is 5.82 Å². The minimum Gasteiger partial charge on any atom is -0.361 e. The smallest absolute Gasteiger partial charge is 0.123 e. The third-order valence-corrected chi connectivity index (χ3v) is 5.76. The van der Waals surface area contributed by atoms with Crippen molar-refractivity contribution in [3.05, 3.63) is 105 Å². The average Bonchev–Trinajstić information content (AvgIpc) is 3.22. The fourth-order valence-corrected chi connectivity index (χ4v) is 4.37. The van der Waals surface area contributed by atoms with E-state index in [0.29, 0.717) is 0 Å². The van der Waals surface area contributed by atoms with Crippen molar-refractivity contribution >= 4 is 23.1 Å². The van der Waals surface area contributed by atoms with Gasteiger partial charge in [0.15, 0.2) is 0 Å². The number of para-hydroxylation sites is 1. The topological polar surface area (TPSA) is 15.8 Å². The lowest BCUT2D eigenvalue weighted by atomic mass is 9.89. The van der Waals surface area contributed by atoms with Gasteiger partial charge >= 0.3 is 0 Å². The Balaban J connectivity index is 0.000000158. The van der Waals surface area contributed by atoms with Gasteiger partial charge < -0.3 is 4.98 Å². The quantitative estimate of drug-likeness (QED) is 0.462. The standard InChI is InChI=1S/C18H15F.C8H7N/c19-14-8-5-13-7-9-16-15-4-2-1-3-12(15)6-10-17(16)18(13)11-14;1-2-4-8-7(3-1)5-6-9-8/h3,5-8,10-11H,1-2,4,9H2;1-6,9H. The summed E-state index contributed by atoms with van der Waals surface area (Å²) in [5.74, 6) is -0.149. The van der Waals surface area contributed by atoms with Crippen molar-refractivity contribution in [1.29, 1.82) is 0 Å². The van der Waals surface area contributed by atoms with Crippen LogP contribution in [0.1, 0.15) is 24.0 Å². The molecule has 0 amide bonds. The van der Waals surface area contributed by atoms with Gasteiger partial charge in [-0.1, -0.05) is 48.6 Å². The molecular formula is C26H22FN. The van der Waals surface area contributed by atoms with Crippen LogP contribution in [0.4, 0.5) is 4.39 Å². The molecule has 4 aromatic rings. The van der Waals surface area contributed by atoms with Crippen molar-refractivity contribution in [3.63, 3.8) is 0 Å². The van der Waals surface area contributed by atoms with E-state index in [2.05, 4.69) is 47.5 Å². The molecule has 0 unspecified atom stereocenters. The lowest BCUT2D eigenvalue weighted by molar-refractivity contribution is 0.626. The third kappa shape index (κ3) is 3.05. The zero-order chi connectivity index (χ0) is 18.9. The van der Waals surface area contributed by atoms with Crippen LogP contribution in [0.3, 0.4) is 0 Å². The van der Waals surface area contributed by atoms with Crippen LogP contribution in [0.25, 0.3) is 23.1 Å². The van der Waals surface area contributed by atoms with Gasteiger partial charge in [-0.2, -0.15) is 0 Å². The molecule has 0 bridgehead atoms. The summed E-state index contributed by atoms with van der Waals surface area (Å²) in [5.41, 5.74) is 4.10. The van der Waals surface area contributed by atoms with Crippen molar-refractivity contribution in [3.8, 4) is 0 Å². The van der Waals surface area contributed by atoms with Gasteiger partial charge in [-0.25, -0.2) is 4.39 Å². The van der Waals surface area contributed by atoms with Gasteiger partial charge in [0.05, 0.1) is 0 Å². The molecule has 0 spiro atoms. The molecule has 3 aromatic carbocycles. The molecule has 0 saturated carbocycles. The van der Waals surface area contributed by atoms with Gasteiger partial charge in [0, 0.05) is 11.7 Å². The van der Waals surface area contributed by atoms with Crippen LogP contribution in [0.15, 0.2) is 66.9 Å². The average molecular weight is 367 g/mol. The SMILES string of the molecule is Fc1ccc2c(c1)=c1ccc3c(c1CC=2)CCCC=3.c1ccc2[nH]ccc2c1.